The molecule has 0 heterocycles. The average Bonchev–Trinajstić information content (AvgIpc) is 2.57. The summed E-state index contributed by atoms with van der Waals surface area (Å²) in [5, 5.41) is 5.98. The zero-order valence-electron chi connectivity index (χ0n) is 18.7. The number of amides is 2. The van der Waals surface area contributed by atoms with Gasteiger partial charge in [-0.1, -0.05) is 41.5 Å². The van der Waals surface area contributed by atoms with Crippen molar-refractivity contribution >= 4 is 11.8 Å². The van der Waals surface area contributed by atoms with Gasteiger partial charge in [0.25, 0.3) is 0 Å². The van der Waals surface area contributed by atoms with E-state index in [9.17, 15) is 9.59 Å². The minimum absolute atomic E-state index is 0.0380. The lowest BCUT2D eigenvalue weighted by atomic mass is 9.89. The first kappa shape index (κ1) is 25.9. The Balaban J connectivity index is 3.68. The molecule has 0 aliphatic heterocycles. The van der Waals surface area contributed by atoms with Crippen LogP contribution in [0.5, 0.6) is 0 Å². The van der Waals surface area contributed by atoms with E-state index in [4.69, 9.17) is 4.74 Å². The summed E-state index contributed by atoms with van der Waals surface area (Å²) in [6.45, 7) is 16.0. The predicted molar refractivity (Wildman–Crippen MR) is 113 cm³/mol. The molecule has 160 valence electrons. The zero-order valence-corrected chi connectivity index (χ0v) is 18.7. The molecule has 5 heteroatoms. The molecule has 0 fully saturated rings. The third-order valence-electron chi connectivity index (χ3n) is 4.52. The van der Waals surface area contributed by atoms with Gasteiger partial charge in [-0.15, -0.1) is 0 Å². The van der Waals surface area contributed by atoms with Crippen molar-refractivity contribution in [3.63, 3.8) is 0 Å². The van der Waals surface area contributed by atoms with Gasteiger partial charge in [0.2, 0.25) is 11.8 Å². The number of nitrogens with one attached hydrogen (secondary N) is 2. The van der Waals surface area contributed by atoms with Gasteiger partial charge in [0, 0.05) is 39.1 Å². The molecule has 0 saturated heterocycles. The van der Waals surface area contributed by atoms with E-state index in [-0.39, 0.29) is 17.2 Å². The maximum Gasteiger partial charge on any atom is 0.220 e. The second kappa shape index (κ2) is 14.0. The van der Waals surface area contributed by atoms with E-state index in [2.05, 4.69) is 52.2 Å². The highest BCUT2D eigenvalue weighted by Gasteiger charge is 2.18. The van der Waals surface area contributed by atoms with Crippen molar-refractivity contribution in [1.82, 2.24) is 10.6 Å². The van der Waals surface area contributed by atoms with Crippen LogP contribution in [0.2, 0.25) is 0 Å². The number of carbonyl (C=O) groups excluding carboxylic acids is 2. The van der Waals surface area contributed by atoms with Gasteiger partial charge >= 0.3 is 0 Å². The largest absolute Gasteiger partial charge is 0.381 e. The van der Waals surface area contributed by atoms with Gasteiger partial charge in [0.05, 0.1) is 0 Å². The summed E-state index contributed by atoms with van der Waals surface area (Å²) in [5.41, 5.74) is 0.353. The maximum atomic E-state index is 12.0. The molecule has 0 spiro atoms. The van der Waals surface area contributed by atoms with E-state index in [1.165, 1.54) is 0 Å². The van der Waals surface area contributed by atoms with Crippen LogP contribution in [0, 0.1) is 10.8 Å². The quantitative estimate of drug-likeness (QED) is 0.410. The third-order valence-corrected chi connectivity index (χ3v) is 4.52. The molecule has 0 aromatic heterocycles. The first-order valence-electron chi connectivity index (χ1n) is 10.7. The van der Waals surface area contributed by atoms with E-state index in [0.717, 1.165) is 58.3 Å². The van der Waals surface area contributed by atoms with E-state index < -0.39 is 0 Å². The van der Waals surface area contributed by atoms with E-state index in [1.54, 1.807) is 0 Å². The molecular weight excluding hydrogens is 340 g/mol. The van der Waals surface area contributed by atoms with Crippen molar-refractivity contribution < 1.29 is 14.3 Å². The molecule has 0 radical (unpaired) electrons. The first-order valence-corrected chi connectivity index (χ1v) is 10.7. The van der Waals surface area contributed by atoms with Crippen LogP contribution in [0.1, 0.15) is 92.9 Å². The van der Waals surface area contributed by atoms with Crippen LogP contribution >= 0.6 is 0 Å². The molecule has 0 aliphatic rings. The Labute approximate surface area is 167 Å². The van der Waals surface area contributed by atoms with Gasteiger partial charge in [-0.25, -0.2) is 0 Å². The topological polar surface area (TPSA) is 67.4 Å². The Morgan fingerprint density at radius 2 is 1.41 bits per heavy atom. The lowest BCUT2D eigenvalue weighted by Crippen LogP contribution is -2.34. The van der Waals surface area contributed by atoms with Crippen LogP contribution in [0.15, 0.2) is 0 Å². The number of hydrogen-bond donors (Lipinski definition) is 2. The van der Waals surface area contributed by atoms with Gasteiger partial charge in [-0.3, -0.25) is 9.59 Å². The zero-order chi connectivity index (χ0) is 20.8. The molecule has 2 N–H and O–H groups in total. The molecular formula is C22H44N2O3. The summed E-state index contributed by atoms with van der Waals surface area (Å²) in [6.07, 6.45) is 6.58. The summed E-state index contributed by atoms with van der Waals surface area (Å²) in [4.78, 5) is 23.8. The van der Waals surface area contributed by atoms with Gasteiger partial charge in [-0.2, -0.15) is 0 Å². The summed E-state index contributed by atoms with van der Waals surface area (Å²) in [5.74, 6) is 0.167. The van der Waals surface area contributed by atoms with Crippen LogP contribution in [0.4, 0.5) is 0 Å². The van der Waals surface area contributed by atoms with Crippen LogP contribution in [0.3, 0.4) is 0 Å². The number of carbonyl (C=O) groups is 2. The normalized spacial score (nSPS) is 12.1. The molecule has 5 nitrogen and oxygen atoms in total. The standard InChI is InChI=1S/C22H44N2O3/c1-7-16-27-17-14-22(5,6)18-24-20(26)12-9-8-11-19(25)23-15-10-13-21(2,3)4/h7-18H2,1-6H3,(H,23,25)(H,24,26). The van der Waals surface area contributed by atoms with Crippen molar-refractivity contribution in [2.45, 2.75) is 92.9 Å². The van der Waals surface area contributed by atoms with Crippen molar-refractivity contribution in [1.29, 1.82) is 0 Å². The third kappa shape index (κ3) is 18.0. The van der Waals surface area contributed by atoms with Gasteiger partial charge < -0.3 is 15.4 Å². The van der Waals surface area contributed by atoms with E-state index >= 15 is 0 Å². The molecule has 0 aliphatic carbocycles. The molecule has 0 aromatic carbocycles. The molecule has 0 atom stereocenters. The minimum atomic E-state index is 0.0380. The van der Waals surface area contributed by atoms with E-state index in [0.29, 0.717) is 24.8 Å². The SMILES string of the molecule is CCCOCCC(C)(C)CNC(=O)CCCCC(=O)NCCCC(C)(C)C. The molecule has 0 unspecified atom stereocenters. The van der Waals surface area contributed by atoms with Crippen molar-refractivity contribution in [2.24, 2.45) is 10.8 Å². The van der Waals surface area contributed by atoms with Crippen LogP contribution in [-0.4, -0.2) is 38.1 Å². The number of rotatable bonds is 15. The maximum absolute atomic E-state index is 12.0. The Bertz CT molecular complexity index is 414. The smallest absolute Gasteiger partial charge is 0.220 e. The summed E-state index contributed by atoms with van der Waals surface area (Å²) in [7, 11) is 0. The summed E-state index contributed by atoms with van der Waals surface area (Å²) < 4.78 is 5.53. The molecule has 0 bridgehead atoms. The lowest BCUT2D eigenvalue weighted by molar-refractivity contribution is -0.123. The number of ether oxygens (including phenoxy) is 1. The highest BCUT2D eigenvalue weighted by Crippen LogP contribution is 2.20. The molecule has 0 rings (SSSR count). The van der Waals surface area contributed by atoms with Crippen molar-refractivity contribution in [3.05, 3.63) is 0 Å². The predicted octanol–water partition coefficient (Wildman–Crippen LogP) is 4.45. The number of hydrogen-bond acceptors (Lipinski definition) is 3. The highest BCUT2D eigenvalue weighted by molar-refractivity contribution is 5.77. The van der Waals surface area contributed by atoms with Crippen LogP contribution in [0.25, 0.3) is 0 Å². The molecule has 27 heavy (non-hydrogen) atoms. The lowest BCUT2D eigenvalue weighted by Gasteiger charge is -2.24. The fourth-order valence-electron chi connectivity index (χ4n) is 2.62. The van der Waals surface area contributed by atoms with Crippen LogP contribution in [-0.2, 0) is 14.3 Å². The first-order chi connectivity index (χ1) is 12.6. The minimum Gasteiger partial charge on any atom is -0.381 e. The van der Waals surface area contributed by atoms with E-state index in [1.807, 2.05) is 0 Å². The molecule has 2 amide bonds. The fourth-order valence-corrected chi connectivity index (χ4v) is 2.62. The van der Waals surface area contributed by atoms with Crippen LogP contribution < -0.4 is 10.6 Å². The summed E-state index contributed by atoms with van der Waals surface area (Å²) in [6, 6.07) is 0. The monoisotopic (exact) mass is 384 g/mol. The van der Waals surface area contributed by atoms with Gasteiger partial charge in [-0.05, 0) is 49.4 Å². The van der Waals surface area contributed by atoms with Crippen molar-refractivity contribution in [2.75, 3.05) is 26.3 Å². The fraction of sp³-hybridized carbons (Fsp3) is 0.909. The Morgan fingerprint density at radius 1 is 0.815 bits per heavy atom. The van der Waals surface area contributed by atoms with Gasteiger partial charge in [0.1, 0.15) is 0 Å². The Hall–Kier alpha value is -1.10. The Morgan fingerprint density at radius 3 is 1.96 bits per heavy atom. The highest BCUT2D eigenvalue weighted by atomic mass is 16.5. The van der Waals surface area contributed by atoms with Crippen molar-refractivity contribution in [3.8, 4) is 0 Å². The Kier molecular flexibility index (Phi) is 13.4. The summed E-state index contributed by atoms with van der Waals surface area (Å²) >= 11 is 0. The molecule has 0 saturated carbocycles. The second-order valence-corrected chi connectivity index (χ2v) is 9.52. The number of unbranched alkanes of at least 4 members (excludes halogenated alkanes) is 1. The second-order valence-electron chi connectivity index (χ2n) is 9.52. The average molecular weight is 385 g/mol. The molecule has 0 aromatic rings. The van der Waals surface area contributed by atoms with Gasteiger partial charge in [0.15, 0.2) is 0 Å².